The summed E-state index contributed by atoms with van der Waals surface area (Å²) >= 11 is 0. The molecule has 0 radical (unpaired) electrons. The first-order valence-corrected chi connectivity index (χ1v) is 25.1. The Bertz CT molecular complexity index is 4180. The Balaban J connectivity index is 0.000000488. The summed E-state index contributed by atoms with van der Waals surface area (Å²) in [4.78, 5) is 4.88. The highest BCUT2D eigenvalue weighted by Gasteiger charge is 2.24. The van der Waals surface area contributed by atoms with Crippen molar-refractivity contribution in [2.45, 2.75) is 39.0 Å². The Labute approximate surface area is 426 Å². The van der Waals surface area contributed by atoms with E-state index in [9.17, 15) is 0 Å². The fourth-order valence-corrected chi connectivity index (χ4v) is 10.8. The van der Waals surface area contributed by atoms with Gasteiger partial charge in [0, 0.05) is 72.7 Å². The summed E-state index contributed by atoms with van der Waals surface area (Å²) in [6, 6.07) is 75.3. The summed E-state index contributed by atoms with van der Waals surface area (Å²) in [5.74, 6) is 3.35. The van der Waals surface area contributed by atoms with Crippen molar-refractivity contribution in [3.63, 3.8) is 0 Å². The number of benzene rings is 9. The van der Waals surface area contributed by atoms with Crippen molar-refractivity contribution in [2.24, 2.45) is 4.99 Å². The average Bonchev–Trinajstić information content (AvgIpc) is 4.11. The molecule has 13 rings (SSSR count). The van der Waals surface area contributed by atoms with Crippen molar-refractivity contribution in [3.05, 3.63) is 253 Å². The van der Waals surface area contributed by atoms with Gasteiger partial charge in [0.25, 0.3) is 0 Å². The van der Waals surface area contributed by atoms with E-state index >= 15 is 0 Å². The van der Waals surface area contributed by atoms with Crippen LogP contribution in [0.15, 0.2) is 234 Å². The van der Waals surface area contributed by atoms with Gasteiger partial charge >= 0.3 is 0 Å². The predicted octanol–water partition coefficient (Wildman–Crippen LogP) is 18.4. The van der Waals surface area contributed by atoms with Crippen LogP contribution in [-0.4, -0.2) is 14.8 Å². The van der Waals surface area contributed by atoms with Crippen molar-refractivity contribution < 1.29 is 4.42 Å². The maximum atomic E-state index is 6.71. The van der Waals surface area contributed by atoms with Crippen molar-refractivity contribution >= 4 is 72.1 Å². The maximum Gasteiger partial charge on any atom is 0.143 e. The van der Waals surface area contributed by atoms with Gasteiger partial charge in [-0.15, -0.1) is 6.42 Å². The van der Waals surface area contributed by atoms with Crippen molar-refractivity contribution in [1.29, 1.82) is 0 Å². The second kappa shape index (κ2) is 18.9. The molecule has 4 heteroatoms. The Morgan fingerprint density at radius 3 is 2.00 bits per heavy atom. The van der Waals surface area contributed by atoms with Gasteiger partial charge in [0.05, 0.1) is 22.2 Å². The van der Waals surface area contributed by atoms with E-state index in [1.807, 2.05) is 74.5 Å². The minimum atomic E-state index is 0.237. The van der Waals surface area contributed by atoms with Gasteiger partial charge in [0.15, 0.2) is 0 Å². The molecule has 4 nitrogen and oxygen atoms in total. The summed E-state index contributed by atoms with van der Waals surface area (Å²) in [5.41, 5.74) is 19.8. The molecule has 0 saturated carbocycles. The van der Waals surface area contributed by atoms with E-state index in [1.54, 1.807) is 0 Å². The van der Waals surface area contributed by atoms with Crippen LogP contribution in [0.3, 0.4) is 0 Å². The lowest BCUT2D eigenvalue weighted by Gasteiger charge is -2.19. The Hall–Kier alpha value is -9.17. The molecular formula is C69H53N3O. The lowest BCUT2D eigenvalue weighted by atomic mass is 9.92. The normalized spacial score (nSPS) is 13.8. The largest absolute Gasteiger partial charge is 0.455 e. The van der Waals surface area contributed by atoms with E-state index in [0.717, 1.165) is 67.7 Å². The van der Waals surface area contributed by atoms with Crippen LogP contribution in [0.4, 0.5) is 0 Å². The molecule has 0 fully saturated rings. The summed E-state index contributed by atoms with van der Waals surface area (Å²) in [7, 11) is 0. The second-order valence-electron chi connectivity index (χ2n) is 19.2. The number of furan rings is 1. The second-order valence-corrected chi connectivity index (χ2v) is 19.2. The van der Waals surface area contributed by atoms with Crippen LogP contribution in [-0.2, 0) is 0 Å². The molecule has 1 aliphatic rings. The van der Waals surface area contributed by atoms with E-state index in [1.165, 1.54) is 66.3 Å². The highest BCUT2D eigenvalue weighted by Crippen LogP contribution is 2.43. The maximum absolute atomic E-state index is 6.71. The SMILES string of the molecule is C#CC(C)c1ccccc1.C=C(N=C(C)c1cccc(-c2cccc3c2oc2ccc(-n4c5ccccc5c5cc(-c6ccc7c(c6)c6c(n7-c7ccccc7)C(C)CC=C6)ccc54)cc23)c1)c1ccccc1. The smallest absolute Gasteiger partial charge is 0.143 e. The zero-order valence-electron chi connectivity index (χ0n) is 41.3. The van der Waals surface area contributed by atoms with Crippen LogP contribution in [0, 0.1) is 12.3 Å². The molecule has 3 heterocycles. The van der Waals surface area contributed by atoms with Gasteiger partial charge in [-0.2, -0.15) is 0 Å². The first-order valence-electron chi connectivity index (χ1n) is 25.1. The third kappa shape index (κ3) is 8.16. The highest BCUT2D eigenvalue weighted by molar-refractivity contribution is 6.13. The molecule has 73 heavy (non-hydrogen) atoms. The monoisotopic (exact) mass is 939 g/mol. The Kier molecular flexibility index (Phi) is 11.6. The first kappa shape index (κ1) is 45.0. The van der Waals surface area contributed by atoms with Gasteiger partial charge in [0.1, 0.15) is 11.2 Å². The third-order valence-corrected chi connectivity index (χ3v) is 14.6. The van der Waals surface area contributed by atoms with Gasteiger partial charge in [-0.25, -0.2) is 0 Å². The molecule has 2 atom stereocenters. The van der Waals surface area contributed by atoms with Gasteiger partial charge in [-0.3, -0.25) is 4.99 Å². The number of nitrogens with zero attached hydrogens (tertiary/aromatic N) is 3. The number of terminal acetylenes is 1. The van der Waals surface area contributed by atoms with E-state index in [2.05, 4.69) is 192 Å². The topological polar surface area (TPSA) is 35.4 Å². The zero-order chi connectivity index (χ0) is 49.6. The van der Waals surface area contributed by atoms with E-state index in [4.69, 9.17) is 15.8 Å². The molecule has 0 N–H and O–H groups in total. The molecule has 0 bridgehead atoms. The van der Waals surface area contributed by atoms with Crippen LogP contribution in [0.1, 0.15) is 67.0 Å². The van der Waals surface area contributed by atoms with Crippen molar-refractivity contribution in [2.75, 3.05) is 0 Å². The predicted molar refractivity (Wildman–Crippen MR) is 309 cm³/mol. The summed E-state index contributed by atoms with van der Waals surface area (Å²) in [5, 5.41) is 5.92. The van der Waals surface area contributed by atoms with Crippen LogP contribution in [0.5, 0.6) is 0 Å². The molecule has 0 saturated heterocycles. The minimum absolute atomic E-state index is 0.237. The van der Waals surface area contributed by atoms with Crippen LogP contribution < -0.4 is 0 Å². The molecule has 350 valence electrons. The van der Waals surface area contributed by atoms with Crippen molar-refractivity contribution in [1.82, 2.24) is 9.13 Å². The minimum Gasteiger partial charge on any atom is -0.455 e. The molecule has 0 spiro atoms. The number of aliphatic imine (C=N–C) groups is 1. The molecule has 1 aliphatic carbocycles. The van der Waals surface area contributed by atoms with Crippen LogP contribution in [0.2, 0.25) is 0 Å². The zero-order valence-corrected chi connectivity index (χ0v) is 41.3. The molecule has 12 aromatic rings. The third-order valence-electron chi connectivity index (χ3n) is 14.6. The molecule has 0 amide bonds. The van der Waals surface area contributed by atoms with E-state index in [-0.39, 0.29) is 5.92 Å². The van der Waals surface area contributed by atoms with Gasteiger partial charge in [-0.1, -0.05) is 177 Å². The number of allylic oxidation sites excluding steroid dienone is 1. The summed E-state index contributed by atoms with van der Waals surface area (Å²) < 4.78 is 11.6. The number of aromatic nitrogens is 2. The van der Waals surface area contributed by atoms with Gasteiger partial charge < -0.3 is 13.6 Å². The van der Waals surface area contributed by atoms with Gasteiger partial charge in [0.2, 0.25) is 0 Å². The number of rotatable bonds is 8. The van der Waals surface area contributed by atoms with Crippen LogP contribution in [0.25, 0.3) is 100 Å². The average molecular weight is 940 g/mol. The Morgan fingerprint density at radius 1 is 0.589 bits per heavy atom. The standard InChI is InChI=1S/C59H43N3O.C10H10/c1-37-15-12-24-49-52-35-43(28-31-56(52)62(58(37)49)45-20-8-5-9-21-45)42-27-30-55-51(34-42)48-22-10-11-26-54(48)61(55)46-29-32-57-53(36-46)50-25-14-23-47(59(50)63-57)44-19-13-18-41(33-44)39(3)60-38(2)40-16-6-4-7-17-40;1-3-9(2)10-7-5-4-6-8-10/h4-14,16-37H,2,15H2,1,3H3;1,4-9H,2H3. The molecule has 2 unspecified atom stereocenters. The fourth-order valence-electron chi connectivity index (χ4n) is 10.8. The summed E-state index contributed by atoms with van der Waals surface area (Å²) in [6.07, 6.45) is 11.0. The fraction of sp³-hybridized carbons (Fsp3) is 0.0870. The number of fused-ring (bicyclic) bond motifs is 9. The van der Waals surface area contributed by atoms with E-state index < -0.39 is 0 Å². The van der Waals surface area contributed by atoms with E-state index in [0.29, 0.717) is 5.92 Å². The summed E-state index contributed by atoms with van der Waals surface area (Å²) in [6.45, 7) is 10.6. The van der Waals surface area contributed by atoms with Crippen LogP contribution >= 0.6 is 0 Å². The number of hydrogen-bond acceptors (Lipinski definition) is 2. The first-order chi connectivity index (χ1) is 35.8. The number of para-hydroxylation sites is 3. The molecule has 0 aliphatic heterocycles. The quantitative estimate of drug-likeness (QED) is 0.110. The lowest BCUT2D eigenvalue weighted by molar-refractivity contribution is 0.670. The van der Waals surface area contributed by atoms with Gasteiger partial charge in [-0.05, 0) is 120 Å². The highest BCUT2D eigenvalue weighted by atomic mass is 16.3. The Morgan fingerprint density at radius 2 is 1.23 bits per heavy atom. The molecule has 9 aromatic carbocycles. The molecule has 3 aromatic heterocycles. The van der Waals surface area contributed by atoms with Crippen molar-refractivity contribution in [3.8, 4) is 46.0 Å². The molecular weight excluding hydrogens is 887 g/mol. The lowest BCUT2D eigenvalue weighted by Crippen LogP contribution is -2.06. The number of hydrogen-bond donors (Lipinski definition) is 0.